The van der Waals surface area contributed by atoms with Gasteiger partial charge in [0.05, 0.1) is 37.2 Å². The number of ether oxygens (including phenoxy) is 2. The number of nitrogens with zero attached hydrogens (tertiary/aromatic N) is 4. The van der Waals surface area contributed by atoms with E-state index in [1.54, 1.807) is 24.3 Å². The normalized spacial score (nSPS) is 10.7. The fraction of sp³-hybridized carbons (Fsp3) is 0.136. The first-order valence-electron chi connectivity index (χ1n) is 10.2. The molecule has 0 aliphatic rings. The molecule has 0 saturated carbocycles. The van der Waals surface area contributed by atoms with E-state index in [4.69, 9.17) is 9.47 Å². The summed E-state index contributed by atoms with van der Waals surface area (Å²) in [6.45, 7) is 2.33. The molecule has 0 saturated heterocycles. The molecule has 36 heavy (non-hydrogen) atoms. The molecule has 0 unspecified atom stereocenters. The molecule has 0 heterocycles. The van der Waals surface area contributed by atoms with Crippen LogP contribution in [-0.2, 0) is 6.61 Å². The lowest BCUT2D eigenvalue weighted by atomic mass is 10.2. The molecule has 0 fully saturated rings. The lowest BCUT2D eigenvalue weighted by Gasteiger charge is -2.14. The number of nitro benzene ring substituents is 3. The third-order valence-corrected chi connectivity index (χ3v) is 5.45. The van der Waals surface area contributed by atoms with Crippen LogP contribution < -0.4 is 14.9 Å². The van der Waals surface area contributed by atoms with Gasteiger partial charge in [-0.2, -0.15) is 5.10 Å². The highest BCUT2D eigenvalue weighted by Gasteiger charge is 2.19. The number of hydrogen-bond acceptors (Lipinski definition) is 10. The standard InChI is InChI=1S/C22H18IN5O8/c1-2-35-21-10-15(12-24-25-19-8-7-17(27(31)32)11-20(19)28(33)34)9-18(23)22(21)36-13-14-3-5-16(6-4-14)26(29)30/h3-12,25H,2,13H2,1H3/b24-12+. The van der Waals surface area contributed by atoms with Gasteiger partial charge in [-0.05, 0) is 71.0 Å². The van der Waals surface area contributed by atoms with Gasteiger partial charge in [-0.15, -0.1) is 0 Å². The van der Waals surface area contributed by atoms with Gasteiger partial charge in [0.2, 0.25) is 0 Å². The van der Waals surface area contributed by atoms with Gasteiger partial charge < -0.3 is 9.47 Å². The van der Waals surface area contributed by atoms with E-state index in [2.05, 4.69) is 33.1 Å². The molecule has 1 N–H and O–H groups in total. The smallest absolute Gasteiger partial charge is 0.301 e. The molecule has 0 radical (unpaired) electrons. The molecule has 0 amide bonds. The van der Waals surface area contributed by atoms with Crippen molar-refractivity contribution in [2.24, 2.45) is 5.10 Å². The van der Waals surface area contributed by atoms with Gasteiger partial charge in [-0.1, -0.05) is 0 Å². The molecule has 3 aromatic carbocycles. The Labute approximate surface area is 217 Å². The molecule has 0 aliphatic carbocycles. The summed E-state index contributed by atoms with van der Waals surface area (Å²) in [5, 5.41) is 37.0. The van der Waals surface area contributed by atoms with Gasteiger partial charge in [0.1, 0.15) is 12.3 Å². The summed E-state index contributed by atoms with van der Waals surface area (Å²) < 4.78 is 12.3. The van der Waals surface area contributed by atoms with Gasteiger partial charge >= 0.3 is 5.69 Å². The highest BCUT2D eigenvalue weighted by Crippen LogP contribution is 2.35. The first-order chi connectivity index (χ1) is 17.2. The second-order valence-electron chi connectivity index (χ2n) is 7.06. The van der Waals surface area contributed by atoms with Gasteiger partial charge in [0.25, 0.3) is 11.4 Å². The zero-order valence-electron chi connectivity index (χ0n) is 18.6. The summed E-state index contributed by atoms with van der Waals surface area (Å²) in [5.41, 5.74) is 2.96. The van der Waals surface area contributed by atoms with E-state index in [0.717, 1.165) is 17.7 Å². The van der Waals surface area contributed by atoms with Crippen molar-refractivity contribution in [2.45, 2.75) is 13.5 Å². The number of non-ortho nitro benzene ring substituents is 2. The lowest BCUT2D eigenvalue weighted by Crippen LogP contribution is -2.03. The summed E-state index contributed by atoms with van der Waals surface area (Å²) in [4.78, 5) is 31.0. The minimum Gasteiger partial charge on any atom is -0.490 e. The van der Waals surface area contributed by atoms with Gasteiger partial charge in [-0.25, -0.2) is 0 Å². The molecule has 0 aliphatic heterocycles. The maximum absolute atomic E-state index is 11.3. The fourth-order valence-electron chi connectivity index (χ4n) is 2.99. The summed E-state index contributed by atoms with van der Waals surface area (Å²) in [5.74, 6) is 0.918. The Balaban J connectivity index is 1.78. The number of nitrogens with one attached hydrogen (secondary N) is 1. The number of anilines is 1. The third-order valence-electron chi connectivity index (χ3n) is 4.65. The summed E-state index contributed by atoms with van der Waals surface area (Å²) in [7, 11) is 0. The van der Waals surface area contributed by atoms with Gasteiger partial charge in [-0.3, -0.25) is 35.8 Å². The molecule has 14 heteroatoms. The van der Waals surface area contributed by atoms with Crippen LogP contribution in [0.5, 0.6) is 11.5 Å². The van der Waals surface area contributed by atoms with E-state index < -0.39 is 26.1 Å². The number of rotatable bonds is 11. The Morgan fingerprint density at radius 2 is 1.58 bits per heavy atom. The Morgan fingerprint density at radius 1 is 0.917 bits per heavy atom. The van der Waals surface area contributed by atoms with Crippen LogP contribution in [0.25, 0.3) is 0 Å². The quantitative estimate of drug-likeness (QED) is 0.129. The van der Waals surface area contributed by atoms with Gasteiger partial charge in [0.15, 0.2) is 11.5 Å². The van der Waals surface area contributed by atoms with Crippen LogP contribution in [0, 0.1) is 33.9 Å². The van der Waals surface area contributed by atoms with E-state index in [9.17, 15) is 30.3 Å². The topological polar surface area (TPSA) is 172 Å². The number of benzene rings is 3. The fourth-order valence-corrected chi connectivity index (χ4v) is 3.77. The van der Waals surface area contributed by atoms with E-state index >= 15 is 0 Å². The van der Waals surface area contributed by atoms with E-state index in [1.807, 2.05) is 6.92 Å². The predicted octanol–water partition coefficient (Wildman–Crippen LogP) is 5.44. The molecule has 0 spiro atoms. The van der Waals surface area contributed by atoms with E-state index in [0.29, 0.717) is 27.2 Å². The highest BCUT2D eigenvalue weighted by atomic mass is 127. The van der Waals surface area contributed by atoms with Crippen molar-refractivity contribution >= 4 is 51.6 Å². The van der Waals surface area contributed by atoms with Crippen LogP contribution in [0.2, 0.25) is 0 Å². The van der Waals surface area contributed by atoms with Crippen molar-refractivity contribution in [1.29, 1.82) is 0 Å². The predicted molar refractivity (Wildman–Crippen MR) is 139 cm³/mol. The van der Waals surface area contributed by atoms with Crippen LogP contribution in [0.15, 0.2) is 59.7 Å². The first kappa shape index (κ1) is 26.3. The Bertz CT molecular complexity index is 1330. The van der Waals surface area contributed by atoms with Crippen LogP contribution in [0.1, 0.15) is 18.1 Å². The second-order valence-corrected chi connectivity index (χ2v) is 8.22. The maximum Gasteiger partial charge on any atom is 0.301 e. The monoisotopic (exact) mass is 607 g/mol. The Morgan fingerprint density at radius 3 is 2.19 bits per heavy atom. The number of hydrogen-bond donors (Lipinski definition) is 1. The van der Waals surface area contributed by atoms with Crippen LogP contribution >= 0.6 is 22.6 Å². The Kier molecular flexibility index (Phi) is 8.66. The average molecular weight is 607 g/mol. The highest BCUT2D eigenvalue weighted by molar-refractivity contribution is 14.1. The van der Waals surface area contributed by atoms with Crippen molar-refractivity contribution in [2.75, 3.05) is 12.0 Å². The van der Waals surface area contributed by atoms with Crippen molar-refractivity contribution in [3.63, 3.8) is 0 Å². The zero-order valence-corrected chi connectivity index (χ0v) is 20.8. The molecule has 13 nitrogen and oxygen atoms in total. The van der Waals surface area contributed by atoms with Gasteiger partial charge in [0, 0.05) is 18.2 Å². The average Bonchev–Trinajstić information content (AvgIpc) is 2.84. The van der Waals surface area contributed by atoms with Crippen LogP contribution in [0.4, 0.5) is 22.7 Å². The van der Waals surface area contributed by atoms with E-state index in [-0.39, 0.29) is 18.0 Å². The molecule has 3 aromatic rings. The minimum absolute atomic E-state index is 0.00960. The second kappa shape index (κ2) is 11.9. The lowest BCUT2D eigenvalue weighted by molar-refractivity contribution is -0.393. The SMILES string of the molecule is CCOc1cc(/C=N/Nc2ccc([N+](=O)[O-])cc2[N+](=O)[O-])cc(I)c1OCc1ccc([N+](=O)[O-])cc1. The number of hydrazone groups is 1. The summed E-state index contributed by atoms with van der Waals surface area (Å²) in [6, 6.07) is 12.6. The van der Waals surface area contributed by atoms with Crippen molar-refractivity contribution in [1.82, 2.24) is 0 Å². The largest absolute Gasteiger partial charge is 0.490 e. The summed E-state index contributed by atoms with van der Waals surface area (Å²) >= 11 is 2.07. The first-order valence-corrected chi connectivity index (χ1v) is 11.3. The minimum atomic E-state index is -0.738. The zero-order chi connectivity index (χ0) is 26.2. The molecular formula is C22H18IN5O8. The summed E-state index contributed by atoms with van der Waals surface area (Å²) in [6.07, 6.45) is 1.41. The molecule has 0 aromatic heterocycles. The van der Waals surface area contributed by atoms with Crippen molar-refractivity contribution in [3.8, 4) is 11.5 Å². The molecule has 3 rings (SSSR count). The van der Waals surface area contributed by atoms with E-state index in [1.165, 1.54) is 24.4 Å². The maximum atomic E-state index is 11.3. The molecule has 0 atom stereocenters. The molecule has 186 valence electrons. The van der Waals surface area contributed by atoms with Crippen LogP contribution in [0.3, 0.4) is 0 Å². The third kappa shape index (κ3) is 6.62. The molecular weight excluding hydrogens is 589 g/mol. The molecule has 0 bridgehead atoms. The number of nitro groups is 3. The van der Waals surface area contributed by atoms with Crippen molar-refractivity contribution in [3.05, 3.63) is 99.6 Å². The van der Waals surface area contributed by atoms with Crippen molar-refractivity contribution < 1.29 is 24.2 Å². The number of halogens is 1. The van der Waals surface area contributed by atoms with Crippen LogP contribution in [-0.4, -0.2) is 27.6 Å². The Hall–Kier alpha value is -4.34.